The Labute approximate surface area is 205 Å². The first-order valence-electron chi connectivity index (χ1n) is 10.0. The van der Waals surface area contributed by atoms with Crippen molar-refractivity contribution in [1.29, 1.82) is 0 Å². The van der Waals surface area contributed by atoms with E-state index in [-0.39, 0.29) is 11.8 Å². The molecule has 1 aromatic rings. The number of rotatable bonds is 7. The summed E-state index contributed by atoms with van der Waals surface area (Å²) in [5.41, 5.74) is 0. The van der Waals surface area contributed by atoms with Crippen LogP contribution in [0.15, 0.2) is 24.3 Å². The van der Waals surface area contributed by atoms with Crippen LogP contribution < -0.4 is 10.1 Å². The van der Waals surface area contributed by atoms with Gasteiger partial charge < -0.3 is 33.7 Å². The number of benzene rings is 1. The van der Waals surface area contributed by atoms with Crippen LogP contribution in [-0.4, -0.2) is 66.3 Å². The van der Waals surface area contributed by atoms with Crippen LogP contribution in [-0.2, 0) is 42.9 Å². The summed E-state index contributed by atoms with van der Waals surface area (Å²) < 4.78 is 32.4. The van der Waals surface area contributed by atoms with E-state index in [4.69, 9.17) is 52.2 Å². The van der Waals surface area contributed by atoms with Gasteiger partial charge in [0.25, 0.3) is 5.17 Å². The van der Waals surface area contributed by atoms with Gasteiger partial charge in [-0.2, -0.15) is 0 Å². The largest absolute Gasteiger partial charge is 0.463 e. The lowest BCUT2D eigenvalue weighted by Crippen LogP contribution is -2.66. The minimum Gasteiger partial charge on any atom is -0.463 e. The molecule has 2 rings (SSSR count). The van der Waals surface area contributed by atoms with Crippen LogP contribution in [0.25, 0.3) is 0 Å². The SMILES string of the molecule is CC(=O)OC[C@@H]1O[C@@H](NC(=S)Oc2ccc(Cl)cc2)[C@@H](OC(C)=O)[C@@H](OC(C)=O)[C@H]1OC(C)=O. The lowest BCUT2D eigenvalue weighted by Gasteiger charge is -2.44. The van der Waals surface area contributed by atoms with Crippen LogP contribution in [0.2, 0.25) is 5.02 Å². The normalized spacial score (nSPS) is 23.7. The Morgan fingerprint density at radius 1 is 0.882 bits per heavy atom. The number of carbonyl (C=O) groups is 4. The van der Waals surface area contributed by atoms with E-state index in [1.54, 1.807) is 24.3 Å². The molecule has 0 saturated carbocycles. The maximum Gasteiger partial charge on any atom is 0.303 e. The Bertz CT molecular complexity index is 925. The molecule has 0 aromatic heterocycles. The van der Waals surface area contributed by atoms with E-state index in [0.29, 0.717) is 10.8 Å². The van der Waals surface area contributed by atoms with Crippen molar-refractivity contribution >= 4 is 52.9 Å². The van der Waals surface area contributed by atoms with Crippen LogP contribution in [0.1, 0.15) is 27.7 Å². The lowest BCUT2D eigenvalue weighted by atomic mass is 9.97. The summed E-state index contributed by atoms with van der Waals surface area (Å²) in [5.74, 6) is -2.48. The first-order chi connectivity index (χ1) is 16.0. The molecule has 1 heterocycles. The highest BCUT2D eigenvalue weighted by Gasteiger charge is 2.52. The Hall–Kier alpha value is -2.96. The van der Waals surface area contributed by atoms with Crippen LogP contribution in [0.3, 0.4) is 0 Å². The van der Waals surface area contributed by atoms with Gasteiger partial charge in [-0.25, -0.2) is 0 Å². The lowest BCUT2D eigenvalue weighted by molar-refractivity contribution is -0.255. The molecule has 1 aliphatic rings. The van der Waals surface area contributed by atoms with E-state index in [1.165, 1.54) is 6.92 Å². The number of halogens is 1. The minimum absolute atomic E-state index is 0.178. The maximum atomic E-state index is 11.8. The zero-order valence-corrected chi connectivity index (χ0v) is 20.3. The van der Waals surface area contributed by atoms with E-state index in [9.17, 15) is 19.2 Å². The molecule has 0 unspecified atom stereocenters. The molecule has 186 valence electrons. The molecule has 0 bridgehead atoms. The average molecular weight is 518 g/mol. The summed E-state index contributed by atoms with van der Waals surface area (Å²) in [4.78, 5) is 46.8. The van der Waals surface area contributed by atoms with E-state index >= 15 is 0 Å². The number of hydrogen-bond donors (Lipinski definition) is 1. The molecule has 11 nitrogen and oxygen atoms in total. The van der Waals surface area contributed by atoms with Crippen molar-refractivity contribution in [1.82, 2.24) is 5.32 Å². The molecule has 1 aliphatic heterocycles. The molecule has 1 saturated heterocycles. The fourth-order valence-corrected chi connectivity index (χ4v) is 3.44. The van der Waals surface area contributed by atoms with Crippen LogP contribution in [0.5, 0.6) is 5.75 Å². The molecular formula is C21H24ClNO10S. The maximum absolute atomic E-state index is 11.8. The van der Waals surface area contributed by atoms with Gasteiger partial charge in [-0.3, -0.25) is 19.2 Å². The molecule has 13 heteroatoms. The molecule has 1 fully saturated rings. The molecule has 1 N–H and O–H groups in total. The highest BCUT2D eigenvalue weighted by molar-refractivity contribution is 7.80. The van der Waals surface area contributed by atoms with Crippen molar-refractivity contribution in [3.05, 3.63) is 29.3 Å². The third kappa shape index (κ3) is 8.43. The molecule has 0 aliphatic carbocycles. The van der Waals surface area contributed by atoms with Crippen molar-refractivity contribution < 1.29 is 47.6 Å². The Balaban J connectivity index is 2.35. The number of ether oxygens (including phenoxy) is 6. The molecule has 1 aromatic carbocycles. The third-order valence-corrected chi connectivity index (χ3v) is 4.73. The fourth-order valence-electron chi connectivity index (χ4n) is 3.10. The van der Waals surface area contributed by atoms with Gasteiger partial charge in [0, 0.05) is 32.7 Å². The first-order valence-corrected chi connectivity index (χ1v) is 10.8. The zero-order chi connectivity index (χ0) is 25.4. The van der Waals surface area contributed by atoms with Gasteiger partial charge in [0.1, 0.15) is 18.5 Å². The van der Waals surface area contributed by atoms with E-state index in [1.807, 2.05) is 0 Å². The summed E-state index contributed by atoms with van der Waals surface area (Å²) in [6.45, 7) is 4.22. The Morgan fingerprint density at radius 2 is 1.41 bits per heavy atom. The van der Waals surface area contributed by atoms with Gasteiger partial charge in [-0.15, -0.1) is 0 Å². The fraction of sp³-hybridized carbons (Fsp3) is 0.476. The minimum atomic E-state index is -1.32. The molecule has 0 radical (unpaired) electrons. The third-order valence-electron chi connectivity index (χ3n) is 4.28. The average Bonchev–Trinajstić information content (AvgIpc) is 2.71. The predicted octanol–water partition coefficient (Wildman–Crippen LogP) is 1.68. The number of thiocarbonyl (C=S) groups is 1. The Kier molecular flexibility index (Phi) is 10.0. The quantitative estimate of drug-likeness (QED) is 0.320. The van der Waals surface area contributed by atoms with Crippen molar-refractivity contribution in [2.75, 3.05) is 6.61 Å². The number of hydrogen-bond acceptors (Lipinski definition) is 11. The molecule has 0 spiro atoms. The summed E-state index contributed by atoms with van der Waals surface area (Å²) >= 11 is 11.1. The van der Waals surface area contributed by atoms with Gasteiger partial charge in [-0.05, 0) is 36.5 Å². The number of esters is 4. The highest BCUT2D eigenvalue weighted by Crippen LogP contribution is 2.28. The second kappa shape index (κ2) is 12.5. The van der Waals surface area contributed by atoms with Crippen molar-refractivity contribution in [2.45, 2.75) is 58.3 Å². The molecule has 5 atom stereocenters. The predicted molar refractivity (Wildman–Crippen MR) is 120 cm³/mol. The number of carbonyl (C=O) groups excluding carboxylic acids is 4. The second-order valence-corrected chi connectivity index (χ2v) is 7.91. The van der Waals surface area contributed by atoms with Crippen molar-refractivity contribution in [3.8, 4) is 5.75 Å². The van der Waals surface area contributed by atoms with Crippen LogP contribution in [0, 0.1) is 0 Å². The summed E-state index contributed by atoms with van der Waals surface area (Å²) in [5, 5.41) is 3.05. The van der Waals surface area contributed by atoms with Crippen molar-refractivity contribution in [2.24, 2.45) is 0 Å². The molecular weight excluding hydrogens is 494 g/mol. The first kappa shape index (κ1) is 27.3. The van der Waals surface area contributed by atoms with Crippen LogP contribution >= 0.6 is 23.8 Å². The zero-order valence-electron chi connectivity index (χ0n) is 18.8. The standard InChI is InChI=1S/C21H24ClNO10S/c1-10(24)28-9-16-17(29-11(2)25)18(30-12(3)26)19(31-13(4)27)20(33-16)23-21(34)32-15-7-5-14(22)6-8-15/h5-8,16-20H,9H2,1-4H3,(H,23,34)/t16-,17-,18-,19-,20+/m0/s1. The van der Waals surface area contributed by atoms with Gasteiger partial charge >= 0.3 is 23.9 Å². The van der Waals surface area contributed by atoms with Gasteiger partial charge in [-0.1, -0.05) is 11.6 Å². The highest BCUT2D eigenvalue weighted by atomic mass is 35.5. The van der Waals surface area contributed by atoms with E-state index < -0.39 is 54.5 Å². The summed E-state index contributed by atoms with van der Waals surface area (Å²) in [6, 6.07) is 6.33. The van der Waals surface area contributed by atoms with Gasteiger partial charge in [0.15, 0.2) is 24.5 Å². The smallest absolute Gasteiger partial charge is 0.303 e. The monoisotopic (exact) mass is 517 g/mol. The van der Waals surface area contributed by atoms with Crippen LogP contribution in [0.4, 0.5) is 0 Å². The summed E-state index contributed by atoms with van der Waals surface area (Å²) in [7, 11) is 0. The summed E-state index contributed by atoms with van der Waals surface area (Å²) in [6.07, 6.45) is -6.25. The Morgan fingerprint density at radius 3 is 1.94 bits per heavy atom. The molecule has 0 amide bonds. The second-order valence-electron chi connectivity index (χ2n) is 7.11. The van der Waals surface area contributed by atoms with E-state index in [0.717, 1.165) is 20.8 Å². The van der Waals surface area contributed by atoms with Gasteiger partial charge in [0.2, 0.25) is 0 Å². The topological polar surface area (TPSA) is 136 Å². The van der Waals surface area contributed by atoms with E-state index in [2.05, 4.69) is 5.32 Å². The van der Waals surface area contributed by atoms with Gasteiger partial charge in [0.05, 0.1) is 0 Å². The van der Waals surface area contributed by atoms with Crippen molar-refractivity contribution in [3.63, 3.8) is 0 Å². The molecule has 34 heavy (non-hydrogen) atoms. The number of nitrogens with one attached hydrogen (secondary N) is 1.